The van der Waals surface area contributed by atoms with E-state index in [4.69, 9.17) is 4.74 Å². The van der Waals surface area contributed by atoms with E-state index in [2.05, 4.69) is 5.32 Å². The van der Waals surface area contributed by atoms with Crippen LogP contribution in [0.1, 0.15) is 31.7 Å². The summed E-state index contributed by atoms with van der Waals surface area (Å²) in [6.07, 6.45) is 2.62. The summed E-state index contributed by atoms with van der Waals surface area (Å²) in [6.45, 7) is 4.49. The second-order valence-corrected chi connectivity index (χ2v) is 5.21. The maximum atomic E-state index is 13.4. The van der Waals surface area contributed by atoms with Gasteiger partial charge in [-0.15, -0.1) is 0 Å². The summed E-state index contributed by atoms with van der Waals surface area (Å²) < 4.78 is 18.9. The van der Waals surface area contributed by atoms with E-state index in [1.54, 1.807) is 12.1 Å². The Balaban J connectivity index is 2.29. The monoisotopic (exact) mass is 269 g/mol. The maximum Gasteiger partial charge on any atom is 0.165 e. The molecular formula is C15H24FNO2. The maximum absolute atomic E-state index is 13.4. The molecule has 3 nitrogen and oxygen atoms in total. The van der Waals surface area contributed by atoms with Gasteiger partial charge in [0, 0.05) is 5.54 Å². The Morgan fingerprint density at radius 3 is 2.74 bits per heavy atom. The summed E-state index contributed by atoms with van der Waals surface area (Å²) >= 11 is 0. The van der Waals surface area contributed by atoms with Gasteiger partial charge in [0.25, 0.3) is 0 Å². The molecule has 0 aliphatic heterocycles. The number of hydrogen-bond acceptors (Lipinski definition) is 3. The third-order valence-corrected chi connectivity index (χ3v) is 3.42. The molecule has 1 aromatic carbocycles. The highest BCUT2D eigenvalue weighted by Gasteiger charge is 2.19. The summed E-state index contributed by atoms with van der Waals surface area (Å²) in [5.41, 5.74) is 0.744. The minimum atomic E-state index is -0.318. The summed E-state index contributed by atoms with van der Waals surface area (Å²) in [5, 5.41) is 12.3. The van der Waals surface area contributed by atoms with E-state index in [0.717, 1.165) is 24.8 Å². The third-order valence-electron chi connectivity index (χ3n) is 3.42. The molecule has 0 radical (unpaired) electrons. The van der Waals surface area contributed by atoms with Crippen LogP contribution in [-0.2, 0) is 0 Å². The second kappa shape index (κ2) is 7.46. The lowest BCUT2D eigenvalue weighted by atomic mass is 9.96. The lowest BCUT2D eigenvalue weighted by Crippen LogP contribution is -2.43. The first-order chi connectivity index (χ1) is 9.00. The summed E-state index contributed by atoms with van der Waals surface area (Å²) in [5.74, 6) is -0.000409. The van der Waals surface area contributed by atoms with E-state index in [0.29, 0.717) is 12.4 Å². The van der Waals surface area contributed by atoms with Gasteiger partial charge in [-0.05, 0) is 57.9 Å². The molecule has 0 fully saturated rings. The van der Waals surface area contributed by atoms with Crippen molar-refractivity contribution in [1.82, 2.24) is 5.32 Å². The van der Waals surface area contributed by atoms with Crippen LogP contribution in [0.5, 0.6) is 5.75 Å². The largest absolute Gasteiger partial charge is 0.491 e. The van der Waals surface area contributed by atoms with Crippen molar-refractivity contribution in [3.05, 3.63) is 29.6 Å². The number of ether oxygens (including phenoxy) is 1. The van der Waals surface area contributed by atoms with Crippen LogP contribution in [0.4, 0.5) is 4.39 Å². The topological polar surface area (TPSA) is 41.5 Å². The molecule has 108 valence electrons. The first-order valence-corrected chi connectivity index (χ1v) is 6.69. The van der Waals surface area contributed by atoms with Crippen LogP contribution in [0.15, 0.2) is 18.2 Å². The summed E-state index contributed by atoms with van der Waals surface area (Å²) in [4.78, 5) is 0. The average Bonchev–Trinajstić information content (AvgIpc) is 2.42. The van der Waals surface area contributed by atoms with Gasteiger partial charge in [0.2, 0.25) is 0 Å². The molecule has 0 aliphatic rings. The number of aliphatic hydroxyl groups is 1. The number of hydrogen-bond donors (Lipinski definition) is 2. The Labute approximate surface area is 114 Å². The van der Waals surface area contributed by atoms with Gasteiger partial charge in [-0.3, -0.25) is 0 Å². The van der Waals surface area contributed by atoms with Crippen molar-refractivity contribution in [2.75, 3.05) is 20.3 Å². The van der Waals surface area contributed by atoms with Crippen molar-refractivity contribution in [1.29, 1.82) is 0 Å². The second-order valence-electron chi connectivity index (χ2n) is 5.21. The molecule has 1 atom stereocenters. The van der Waals surface area contributed by atoms with Crippen LogP contribution in [0.2, 0.25) is 0 Å². The Bertz CT molecular complexity index is 392. The number of rotatable bonds is 8. The minimum Gasteiger partial charge on any atom is -0.491 e. The van der Waals surface area contributed by atoms with E-state index in [1.165, 1.54) is 6.07 Å². The van der Waals surface area contributed by atoms with Crippen molar-refractivity contribution in [2.45, 2.75) is 38.6 Å². The molecule has 19 heavy (non-hydrogen) atoms. The van der Waals surface area contributed by atoms with Crippen LogP contribution in [0.25, 0.3) is 0 Å². The van der Waals surface area contributed by atoms with Crippen LogP contribution >= 0.6 is 0 Å². The molecule has 0 amide bonds. The van der Waals surface area contributed by atoms with Gasteiger partial charge >= 0.3 is 0 Å². The van der Waals surface area contributed by atoms with Gasteiger partial charge in [0.05, 0.1) is 13.2 Å². The predicted octanol–water partition coefficient (Wildman–Crippen LogP) is 2.65. The summed E-state index contributed by atoms with van der Waals surface area (Å²) in [6, 6.07) is 4.86. The van der Waals surface area contributed by atoms with Gasteiger partial charge in [-0.2, -0.15) is 0 Å². The van der Waals surface area contributed by atoms with E-state index < -0.39 is 0 Å². The fourth-order valence-electron chi connectivity index (χ4n) is 1.80. The Morgan fingerprint density at radius 2 is 2.11 bits per heavy atom. The highest BCUT2D eigenvalue weighted by Crippen LogP contribution is 2.19. The standard InChI is InChI=1S/C15H24FNO2/c1-12-6-7-13(16)14(10-12)19-9-5-4-8-15(2,11-18)17-3/h6-7,10,17-18H,4-5,8-9,11H2,1-3H3. The molecule has 0 spiro atoms. The van der Waals surface area contributed by atoms with Crippen molar-refractivity contribution < 1.29 is 14.2 Å². The molecule has 1 rings (SSSR count). The van der Waals surface area contributed by atoms with E-state index in [1.807, 2.05) is 20.9 Å². The Morgan fingerprint density at radius 1 is 1.37 bits per heavy atom. The van der Waals surface area contributed by atoms with Gasteiger partial charge in [0.15, 0.2) is 11.6 Å². The van der Waals surface area contributed by atoms with Crippen LogP contribution in [0.3, 0.4) is 0 Å². The zero-order valence-electron chi connectivity index (χ0n) is 12.0. The number of aliphatic hydroxyl groups excluding tert-OH is 1. The number of likely N-dealkylation sites (N-methyl/N-ethyl adjacent to an activating group) is 1. The first-order valence-electron chi connectivity index (χ1n) is 6.69. The van der Waals surface area contributed by atoms with Crippen LogP contribution in [-0.4, -0.2) is 30.9 Å². The number of aryl methyl sites for hydroxylation is 1. The molecule has 1 aromatic rings. The molecule has 1 unspecified atom stereocenters. The molecule has 4 heteroatoms. The highest BCUT2D eigenvalue weighted by atomic mass is 19.1. The molecule has 0 aliphatic carbocycles. The number of unbranched alkanes of at least 4 members (excludes halogenated alkanes) is 1. The van der Waals surface area contributed by atoms with E-state index in [-0.39, 0.29) is 18.0 Å². The van der Waals surface area contributed by atoms with E-state index in [9.17, 15) is 9.50 Å². The lowest BCUT2D eigenvalue weighted by molar-refractivity contribution is 0.168. The molecular weight excluding hydrogens is 245 g/mol. The van der Waals surface area contributed by atoms with Gasteiger partial charge in [-0.25, -0.2) is 4.39 Å². The minimum absolute atomic E-state index is 0.108. The number of nitrogens with one attached hydrogen (secondary N) is 1. The molecule has 0 saturated heterocycles. The number of benzene rings is 1. The van der Waals surface area contributed by atoms with Crippen LogP contribution < -0.4 is 10.1 Å². The lowest BCUT2D eigenvalue weighted by Gasteiger charge is -2.26. The summed E-state index contributed by atoms with van der Waals surface area (Å²) in [7, 11) is 1.84. The van der Waals surface area contributed by atoms with Crippen molar-refractivity contribution in [2.24, 2.45) is 0 Å². The predicted molar refractivity (Wildman–Crippen MR) is 75.0 cm³/mol. The van der Waals surface area contributed by atoms with Crippen molar-refractivity contribution in [3.63, 3.8) is 0 Å². The zero-order valence-corrected chi connectivity index (χ0v) is 12.0. The molecule has 0 aromatic heterocycles. The van der Waals surface area contributed by atoms with Crippen LogP contribution in [0, 0.1) is 12.7 Å². The molecule has 2 N–H and O–H groups in total. The van der Waals surface area contributed by atoms with Gasteiger partial charge in [-0.1, -0.05) is 6.07 Å². The highest BCUT2D eigenvalue weighted by molar-refractivity contribution is 5.29. The first kappa shape index (κ1) is 15.9. The van der Waals surface area contributed by atoms with E-state index >= 15 is 0 Å². The zero-order chi connectivity index (χ0) is 14.3. The van der Waals surface area contributed by atoms with Crippen molar-refractivity contribution in [3.8, 4) is 5.75 Å². The average molecular weight is 269 g/mol. The number of halogens is 1. The molecule has 0 saturated carbocycles. The quantitative estimate of drug-likeness (QED) is 0.713. The Hall–Kier alpha value is -1.13. The normalized spacial score (nSPS) is 14.2. The molecule has 0 heterocycles. The SMILES string of the molecule is CNC(C)(CO)CCCCOc1cc(C)ccc1F. The smallest absolute Gasteiger partial charge is 0.165 e. The van der Waals surface area contributed by atoms with Gasteiger partial charge in [0.1, 0.15) is 0 Å². The molecule has 0 bridgehead atoms. The van der Waals surface area contributed by atoms with Gasteiger partial charge < -0.3 is 15.2 Å². The fraction of sp³-hybridized carbons (Fsp3) is 0.600. The Kier molecular flexibility index (Phi) is 6.25. The third kappa shape index (κ3) is 5.17. The fourth-order valence-corrected chi connectivity index (χ4v) is 1.80. The van der Waals surface area contributed by atoms with Crippen molar-refractivity contribution >= 4 is 0 Å².